The van der Waals surface area contributed by atoms with Crippen molar-refractivity contribution in [3.8, 4) is 5.75 Å². The van der Waals surface area contributed by atoms with Gasteiger partial charge in [0.2, 0.25) is 0 Å². The lowest BCUT2D eigenvalue weighted by Crippen LogP contribution is -2.50. The number of carbonyl (C=O) groups is 1. The third kappa shape index (κ3) is 4.89. The number of nitrogen functional groups attached to an aromatic ring is 1. The van der Waals surface area contributed by atoms with E-state index in [1.807, 2.05) is 5.32 Å². The monoisotopic (exact) mass is 481 g/mol. The van der Waals surface area contributed by atoms with Crippen LogP contribution in [0.1, 0.15) is 16.1 Å². The Balaban J connectivity index is 2.63. The second-order valence-electron chi connectivity index (χ2n) is 5.77. The van der Waals surface area contributed by atoms with Gasteiger partial charge in [-0.2, -0.15) is 35.1 Å². The lowest BCUT2D eigenvalue weighted by atomic mass is 9.93. The molecule has 1 aromatic carbocycles. The zero-order valence-corrected chi connectivity index (χ0v) is 15.3. The normalized spacial score (nSPS) is 12.7. The molecule has 5 nitrogen and oxygen atoms in total. The second kappa shape index (κ2) is 8.32. The standard InChI is InChI=1S/C16H9ClF9N3O2/c17-7-4-6(14(20,15(21,22)23)16(24,25)26)5-9(31-13(18)19)11(7)29-12(30)8-2-1-3-10(27)28-8/h1-5,13H,(H2,27,28)(H,29,30). The molecule has 1 amide bonds. The number of ether oxygens (including phenoxy) is 1. The zero-order valence-electron chi connectivity index (χ0n) is 14.6. The van der Waals surface area contributed by atoms with E-state index in [1.165, 1.54) is 12.1 Å². The van der Waals surface area contributed by atoms with Gasteiger partial charge in [0.1, 0.15) is 17.2 Å². The molecule has 0 aliphatic heterocycles. The highest BCUT2D eigenvalue weighted by Gasteiger charge is 2.73. The molecule has 0 aliphatic carbocycles. The maximum absolute atomic E-state index is 14.3. The summed E-state index contributed by atoms with van der Waals surface area (Å²) >= 11 is 5.60. The largest absolute Gasteiger partial charge is 0.435 e. The van der Waals surface area contributed by atoms with Crippen molar-refractivity contribution in [3.05, 3.63) is 46.6 Å². The molecule has 0 fully saturated rings. The summed E-state index contributed by atoms with van der Waals surface area (Å²) in [4.78, 5) is 15.8. The van der Waals surface area contributed by atoms with Gasteiger partial charge < -0.3 is 15.8 Å². The van der Waals surface area contributed by atoms with Gasteiger partial charge >= 0.3 is 24.6 Å². The van der Waals surface area contributed by atoms with E-state index in [4.69, 9.17) is 17.3 Å². The van der Waals surface area contributed by atoms with Crippen molar-refractivity contribution in [2.24, 2.45) is 0 Å². The highest BCUT2D eigenvalue weighted by molar-refractivity contribution is 6.34. The van der Waals surface area contributed by atoms with Gasteiger partial charge in [-0.15, -0.1) is 0 Å². The summed E-state index contributed by atoms with van der Waals surface area (Å²) < 4.78 is 121. The van der Waals surface area contributed by atoms with Gasteiger partial charge in [-0.1, -0.05) is 17.7 Å². The fraction of sp³-hybridized carbons (Fsp3) is 0.250. The molecule has 0 atom stereocenters. The Kier molecular flexibility index (Phi) is 6.54. The summed E-state index contributed by atoms with van der Waals surface area (Å²) in [7, 11) is 0. The van der Waals surface area contributed by atoms with Crippen molar-refractivity contribution in [3.63, 3.8) is 0 Å². The van der Waals surface area contributed by atoms with Crippen LogP contribution in [0.4, 0.5) is 51.0 Å². The minimum Gasteiger partial charge on any atom is -0.433 e. The summed E-state index contributed by atoms with van der Waals surface area (Å²) in [6.45, 7) is -3.78. The van der Waals surface area contributed by atoms with Crippen molar-refractivity contribution in [1.82, 2.24) is 4.98 Å². The van der Waals surface area contributed by atoms with Crippen LogP contribution in [0.25, 0.3) is 0 Å². The molecule has 0 spiro atoms. The Morgan fingerprint density at radius 3 is 2.13 bits per heavy atom. The van der Waals surface area contributed by atoms with E-state index in [0.717, 1.165) is 6.07 Å². The Hall–Kier alpha value is -2.90. The van der Waals surface area contributed by atoms with Gasteiger partial charge in [0, 0.05) is 5.56 Å². The average Bonchev–Trinajstić information content (AvgIpc) is 2.61. The molecule has 170 valence electrons. The number of amides is 1. The second-order valence-corrected chi connectivity index (χ2v) is 6.17. The number of carbonyl (C=O) groups excluding carboxylic acids is 1. The number of halogens is 10. The van der Waals surface area contributed by atoms with E-state index >= 15 is 0 Å². The number of rotatable bonds is 5. The molecule has 0 unspecified atom stereocenters. The van der Waals surface area contributed by atoms with Crippen LogP contribution in [-0.4, -0.2) is 29.9 Å². The van der Waals surface area contributed by atoms with Crippen molar-refractivity contribution in [2.75, 3.05) is 11.1 Å². The molecular formula is C16H9ClF9N3O2. The Morgan fingerprint density at radius 1 is 1.06 bits per heavy atom. The van der Waals surface area contributed by atoms with Crippen LogP contribution in [-0.2, 0) is 5.67 Å². The number of nitrogens with zero attached hydrogens (tertiary/aromatic N) is 1. The molecular weight excluding hydrogens is 473 g/mol. The quantitative estimate of drug-likeness (QED) is 0.556. The predicted molar refractivity (Wildman–Crippen MR) is 89.6 cm³/mol. The highest BCUT2D eigenvalue weighted by Crippen LogP contribution is 2.55. The van der Waals surface area contributed by atoms with Crippen LogP contribution in [0.3, 0.4) is 0 Å². The Bertz CT molecular complexity index is 966. The zero-order chi connectivity index (χ0) is 23.8. The number of nitrogens with two attached hydrogens (primary N) is 1. The molecule has 1 aromatic heterocycles. The van der Waals surface area contributed by atoms with Crippen LogP contribution >= 0.6 is 11.6 Å². The Labute approximate surface area is 171 Å². The number of aromatic nitrogens is 1. The molecule has 31 heavy (non-hydrogen) atoms. The summed E-state index contributed by atoms with van der Waals surface area (Å²) in [5.74, 6) is -2.78. The highest BCUT2D eigenvalue weighted by atomic mass is 35.5. The van der Waals surface area contributed by atoms with E-state index in [2.05, 4.69) is 9.72 Å². The number of hydrogen-bond acceptors (Lipinski definition) is 4. The molecule has 2 rings (SSSR count). The third-order valence-corrected chi connectivity index (χ3v) is 3.99. The lowest BCUT2D eigenvalue weighted by molar-refractivity contribution is -0.348. The number of benzene rings is 1. The smallest absolute Gasteiger partial charge is 0.433 e. The molecule has 1 heterocycles. The first-order valence-electron chi connectivity index (χ1n) is 7.73. The first-order valence-corrected chi connectivity index (χ1v) is 8.10. The minimum atomic E-state index is -6.53. The summed E-state index contributed by atoms with van der Waals surface area (Å²) in [5.41, 5.74) is -4.15. The maximum atomic E-state index is 14.3. The fourth-order valence-corrected chi connectivity index (χ4v) is 2.59. The van der Waals surface area contributed by atoms with E-state index < -0.39 is 58.3 Å². The van der Waals surface area contributed by atoms with Crippen molar-refractivity contribution in [2.45, 2.75) is 24.6 Å². The predicted octanol–water partition coefficient (Wildman–Crippen LogP) is 5.46. The molecule has 0 saturated carbocycles. The van der Waals surface area contributed by atoms with E-state index in [0.29, 0.717) is 0 Å². The van der Waals surface area contributed by atoms with Crippen molar-refractivity contribution >= 4 is 29.0 Å². The van der Waals surface area contributed by atoms with Gasteiger partial charge in [-0.05, 0) is 24.3 Å². The molecule has 0 radical (unpaired) electrons. The summed E-state index contributed by atoms with van der Waals surface area (Å²) in [6, 6.07) is 3.23. The molecule has 0 aliphatic rings. The topological polar surface area (TPSA) is 77.2 Å². The third-order valence-electron chi connectivity index (χ3n) is 3.69. The van der Waals surface area contributed by atoms with E-state index in [9.17, 15) is 44.3 Å². The maximum Gasteiger partial charge on any atom is 0.435 e. The lowest BCUT2D eigenvalue weighted by Gasteiger charge is -2.31. The first kappa shape index (κ1) is 24.4. The average molecular weight is 482 g/mol. The van der Waals surface area contributed by atoms with Crippen LogP contribution in [0.2, 0.25) is 5.02 Å². The number of pyridine rings is 1. The van der Waals surface area contributed by atoms with Gasteiger partial charge in [-0.25, -0.2) is 9.37 Å². The summed E-state index contributed by atoms with van der Waals surface area (Å²) in [6.07, 6.45) is -13.1. The van der Waals surface area contributed by atoms with Crippen molar-refractivity contribution < 1.29 is 49.0 Å². The molecule has 0 bridgehead atoms. The molecule has 3 N–H and O–H groups in total. The van der Waals surface area contributed by atoms with Crippen LogP contribution in [0, 0.1) is 0 Å². The molecule has 2 aromatic rings. The number of alkyl halides is 9. The number of nitrogens with one attached hydrogen (secondary N) is 1. The SMILES string of the molecule is Nc1cccc(C(=O)Nc2c(Cl)cc(C(F)(C(F)(F)F)C(F)(F)F)cc2OC(F)F)n1. The number of hydrogen-bond donors (Lipinski definition) is 2. The van der Waals surface area contributed by atoms with E-state index in [-0.39, 0.29) is 18.0 Å². The van der Waals surface area contributed by atoms with Crippen LogP contribution in [0.5, 0.6) is 5.75 Å². The fourth-order valence-electron chi connectivity index (χ4n) is 2.33. The van der Waals surface area contributed by atoms with E-state index in [1.54, 1.807) is 0 Å². The summed E-state index contributed by atoms with van der Waals surface area (Å²) in [5, 5.41) is 0.700. The first-order chi connectivity index (χ1) is 14.1. The van der Waals surface area contributed by atoms with Gasteiger partial charge in [0.25, 0.3) is 5.91 Å². The van der Waals surface area contributed by atoms with Crippen LogP contribution in [0.15, 0.2) is 30.3 Å². The Morgan fingerprint density at radius 2 is 1.65 bits per heavy atom. The van der Waals surface area contributed by atoms with Crippen LogP contribution < -0.4 is 15.8 Å². The van der Waals surface area contributed by atoms with Gasteiger partial charge in [0.05, 0.1) is 5.02 Å². The van der Waals surface area contributed by atoms with Gasteiger partial charge in [-0.3, -0.25) is 4.79 Å². The van der Waals surface area contributed by atoms with Gasteiger partial charge in [0.15, 0.2) is 5.75 Å². The number of anilines is 2. The van der Waals surface area contributed by atoms with Crippen molar-refractivity contribution in [1.29, 1.82) is 0 Å². The molecule has 15 heteroatoms. The molecule has 0 saturated heterocycles. The minimum absolute atomic E-state index is 0.122.